The second-order valence-electron chi connectivity index (χ2n) is 2.29. The van der Waals surface area contributed by atoms with Gasteiger partial charge in [0.2, 0.25) is 0 Å². The van der Waals surface area contributed by atoms with Crippen molar-refractivity contribution in [3.8, 4) is 0 Å². The fourth-order valence-corrected chi connectivity index (χ4v) is 5.41. The Kier molecular flexibility index (Phi) is 6.74. The van der Waals surface area contributed by atoms with Crippen LogP contribution in [-0.2, 0) is 0 Å². The number of nitrogens with one attached hydrogen (secondary N) is 1. The maximum absolute atomic E-state index is 3.53. The van der Waals surface area contributed by atoms with Crippen LogP contribution in [0.25, 0.3) is 0 Å². The van der Waals surface area contributed by atoms with Crippen LogP contribution < -0.4 is 47.7 Å². The van der Waals surface area contributed by atoms with Crippen molar-refractivity contribution in [2.45, 2.75) is 12.8 Å². The van der Waals surface area contributed by atoms with E-state index in [2.05, 4.69) is 5.32 Å². The number of hydrogen-bond acceptors (Lipinski definition) is 1. The van der Waals surface area contributed by atoms with Gasteiger partial charge in [0.1, 0.15) is 0 Å². The molecule has 1 rings (SSSR count). The summed E-state index contributed by atoms with van der Waals surface area (Å²) in [7, 11) is 0. The first-order valence-electron chi connectivity index (χ1n) is 3.78. The molecule has 0 unspecified atom stereocenters. The fraction of sp³-hybridized carbons (Fsp3) is 1.00. The van der Waals surface area contributed by atoms with Crippen molar-refractivity contribution >= 4 is 0 Å². The van der Waals surface area contributed by atoms with Gasteiger partial charge in [0, 0.05) is 0 Å². The topological polar surface area (TPSA) is 12.0 Å². The van der Waals surface area contributed by atoms with Crippen molar-refractivity contribution in [2.75, 3.05) is 24.4 Å². The Morgan fingerprint density at radius 2 is 1.70 bits per heavy atom. The molecule has 0 aromatic carbocycles. The second kappa shape index (κ2) is 7.09. The Hall–Kier alpha value is 1.42. The first-order chi connectivity index (χ1) is 5.00. The van der Waals surface area contributed by atoms with E-state index in [4.69, 9.17) is 0 Å². The van der Waals surface area contributed by atoms with E-state index in [1.807, 2.05) is 0 Å². The van der Waals surface area contributed by atoms with E-state index < -0.39 is 0 Å². The first kappa shape index (κ1) is 9.51. The molecule has 0 bridgehead atoms. The molecule has 1 aliphatic heterocycles. The Labute approximate surface area is 84.2 Å². The number of hydrogen-bond donors (Lipinski definition) is 1. The zero-order valence-electron chi connectivity index (χ0n) is 6.21. The summed E-state index contributed by atoms with van der Waals surface area (Å²) in [4.78, 5) is 0. The van der Waals surface area contributed by atoms with E-state index in [0.29, 0.717) is 42.4 Å². The third kappa shape index (κ3) is 5.12. The molecular weight excluding hydrogens is 352 g/mol. The summed E-state index contributed by atoms with van der Waals surface area (Å²) in [5.41, 5.74) is 0. The fourth-order valence-electron chi connectivity index (χ4n) is 0.807. The van der Waals surface area contributed by atoms with E-state index in [1.165, 1.54) is 21.9 Å². The predicted molar refractivity (Wildman–Crippen MR) is 36.7 cm³/mol. The minimum atomic E-state index is 0.541. The number of rotatable bonds is 0. The Morgan fingerprint density at radius 3 is 2.60 bits per heavy atom. The molecular formula is C7H15I2N-2. The third-order valence-corrected chi connectivity index (χ3v) is 6.81. The van der Waals surface area contributed by atoms with E-state index in [9.17, 15) is 0 Å². The summed E-state index contributed by atoms with van der Waals surface area (Å²) in [5.74, 6) is 0. The Balaban J connectivity index is 2.00. The molecule has 0 amide bonds. The van der Waals surface area contributed by atoms with Gasteiger partial charge in [-0.25, -0.2) is 0 Å². The summed E-state index contributed by atoms with van der Waals surface area (Å²) < 4.78 is 6.05. The van der Waals surface area contributed by atoms with Crippen molar-refractivity contribution < 1.29 is 42.4 Å². The van der Waals surface area contributed by atoms with Gasteiger partial charge in [-0.15, -0.1) is 0 Å². The van der Waals surface area contributed by atoms with Gasteiger partial charge in [0.15, 0.2) is 0 Å². The zero-order valence-corrected chi connectivity index (χ0v) is 10.5. The Bertz CT molecular complexity index is 44.8. The van der Waals surface area contributed by atoms with Gasteiger partial charge < -0.3 is 0 Å². The molecule has 1 heterocycles. The monoisotopic (exact) mass is 367 g/mol. The molecule has 0 radical (unpaired) electrons. The number of alkyl halides is 4. The van der Waals surface area contributed by atoms with Crippen molar-refractivity contribution in [1.29, 1.82) is 0 Å². The van der Waals surface area contributed by atoms with Gasteiger partial charge in [-0.1, -0.05) is 0 Å². The summed E-state index contributed by atoms with van der Waals surface area (Å²) >= 11 is 1.13. The molecule has 0 aliphatic carbocycles. The van der Waals surface area contributed by atoms with Gasteiger partial charge in [0.25, 0.3) is 0 Å². The predicted octanol–water partition coefficient (Wildman–Crippen LogP) is -5.49. The van der Waals surface area contributed by atoms with E-state index in [1.54, 1.807) is 15.3 Å². The molecule has 0 aromatic rings. The molecule has 64 valence electrons. The summed E-state index contributed by atoms with van der Waals surface area (Å²) in [6, 6.07) is 0. The molecule has 0 saturated carbocycles. The number of halogens is 2. The minimum absolute atomic E-state index is 0.541. The standard InChI is InChI=1S/C7H15I2N/c1-2-4-9-7-10-6-5-8-3-1/h10H,1-7H2/q-2. The molecule has 0 atom stereocenters. The molecule has 3 heteroatoms. The van der Waals surface area contributed by atoms with E-state index in [0.717, 1.165) is 0 Å². The van der Waals surface area contributed by atoms with Crippen LogP contribution in [0, 0.1) is 0 Å². The van der Waals surface area contributed by atoms with Gasteiger partial charge in [0.05, 0.1) is 0 Å². The van der Waals surface area contributed by atoms with Gasteiger partial charge >= 0.3 is 84.9 Å². The second-order valence-corrected chi connectivity index (χ2v) is 8.44. The summed E-state index contributed by atoms with van der Waals surface area (Å²) in [6.45, 7) is 1.33. The molecule has 1 N–H and O–H groups in total. The normalized spacial score (nSPS) is 25.6. The van der Waals surface area contributed by atoms with Crippen LogP contribution >= 0.6 is 0 Å². The van der Waals surface area contributed by atoms with Crippen LogP contribution in [0.2, 0.25) is 0 Å². The van der Waals surface area contributed by atoms with Gasteiger partial charge in [-0.2, -0.15) is 0 Å². The van der Waals surface area contributed by atoms with Crippen LogP contribution in [0.4, 0.5) is 0 Å². The average molecular weight is 367 g/mol. The SMILES string of the molecule is C1CC[I-]CNCC[I-]C1. The summed E-state index contributed by atoms with van der Waals surface area (Å²) in [5, 5.41) is 3.53. The molecule has 0 aromatic heterocycles. The Morgan fingerprint density at radius 1 is 0.900 bits per heavy atom. The van der Waals surface area contributed by atoms with Crippen molar-refractivity contribution in [1.82, 2.24) is 5.32 Å². The first-order valence-corrected chi connectivity index (χ1v) is 9.88. The molecule has 1 saturated heterocycles. The molecule has 10 heavy (non-hydrogen) atoms. The maximum atomic E-state index is 3.53. The van der Waals surface area contributed by atoms with E-state index >= 15 is 0 Å². The van der Waals surface area contributed by atoms with Crippen LogP contribution in [-0.4, -0.2) is 24.4 Å². The van der Waals surface area contributed by atoms with Crippen LogP contribution in [0.15, 0.2) is 0 Å². The van der Waals surface area contributed by atoms with Crippen LogP contribution in [0.5, 0.6) is 0 Å². The van der Waals surface area contributed by atoms with Crippen molar-refractivity contribution in [3.05, 3.63) is 0 Å². The third-order valence-electron chi connectivity index (χ3n) is 1.38. The quantitative estimate of drug-likeness (QED) is 0.256. The molecule has 1 nitrogen and oxygen atoms in total. The van der Waals surface area contributed by atoms with E-state index in [-0.39, 0.29) is 0 Å². The zero-order chi connectivity index (χ0) is 7.07. The summed E-state index contributed by atoms with van der Waals surface area (Å²) in [6.07, 6.45) is 3.08. The average Bonchev–Trinajstić information content (AvgIpc) is 2.01. The van der Waals surface area contributed by atoms with Crippen LogP contribution in [0.1, 0.15) is 12.8 Å². The molecule has 1 fully saturated rings. The van der Waals surface area contributed by atoms with Crippen molar-refractivity contribution in [2.24, 2.45) is 0 Å². The molecule has 0 spiro atoms. The van der Waals surface area contributed by atoms with Crippen LogP contribution in [0.3, 0.4) is 0 Å². The van der Waals surface area contributed by atoms with Crippen molar-refractivity contribution in [3.63, 3.8) is 0 Å². The molecule has 1 aliphatic rings. The van der Waals surface area contributed by atoms with Gasteiger partial charge in [-0.3, -0.25) is 0 Å². The van der Waals surface area contributed by atoms with Gasteiger partial charge in [-0.05, 0) is 0 Å².